The standard InChI is InChI=1S/C13H22N2OS.ClH/c1-3-13(4-2,10-14)12(16)15-7-5-11-6-8-17-9-11;/h6,8-9H,3-5,7,10,14H2,1-2H3,(H,15,16);1H. The summed E-state index contributed by atoms with van der Waals surface area (Å²) in [4.78, 5) is 12.1. The molecule has 0 aliphatic carbocycles. The Hall–Kier alpha value is -0.580. The van der Waals surface area contributed by atoms with Crippen LogP contribution in [0.1, 0.15) is 32.3 Å². The van der Waals surface area contributed by atoms with Gasteiger partial charge in [-0.25, -0.2) is 0 Å². The molecule has 0 spiro atoms. The first-order valence-corrected chi connectivity index (χ1v) is 7.12. The van der Waals surface area contributed by atoms with E-state index in [2.05, 4.69) is 22.1 Å². The van der Waals surface area contributed by atoms with Crippen LogP contribution >= 0.6 is 23.7 Å². The SMILES string of the molecule is CCC(CC)(CN)C(=O)NCCc1ccsc1.Cl. The fourth-order valence-electron chi connectivity index (χ4n) is 1.90. The number of nitrogens with one attached hydrogen (secondary N) is 1. The van der Waals surface area contributed by atoms with Crippen LogP contribution in [-0.2, 0) is 11.2 Å². The van der Waals surface area contributed by atoms with E-state index in [-0.39, 0.29) is 23.7 Å². The van der Waals surface area contributed by atoms with Crippen molar-refractivity contribution >= 4 is 29.7 Å². The van der Waals surface area contributed by atoms with Gasteiger partial charge in [0.25, 0.3) is 0 Å². The van der Waals surface area contributed by atoms with Gasteiger partial charge in [0, 0.05) is 13.1 Å². The van der Waals surface area contributed by atoms with Gasteiger partial charge in [0.15, 0.2) is 0 Å². The number of rotatable bonds is 7. The van der Waals surface area contributed by atoms with E-state index >= 15 is 0 Å². The van der Waals surface area contributed by atoms with Crippen LogP contribution in [0.3, 0.4) is 0 Å². The number of thiophene rings is 1. The van der Waals surface area contributed by atoms with Crippen molar-refractivity contribution in [3.63, 3.8) is 0 Å². The second kappa shape index (κ2) is 8.51. The summed E-state index contributed by atoms with van der Waals surface area (Å²) in [6.45, 7) is 5.16. The molecule has 1 amide bonds. The van der Waals surface area contributed by atoms with Gasteiger partial charge in [-0.2, -0.15) is 11.3 Å². The molecule has 0 aliphatic rings. The predicted octanol–water partition coefficient (Wildman–Crippen LogP) is 2.59. The van der Waals surface area contributed by atoms with E-state index < -0.39 is 0 Å². The molecule has 3 nitrogen and oxygen atoms in total. The third kappa shape index (κ3) is 4.26. The van der Waals surface area contributed by atoms with Crippen molar-refractivity contribution in [3.8, 4) is 0 Å². The maximum Gasteiger partial charge on any atom is 0.227 e. The van der Waals surface area contributed by atoms with Crippen molar-refractivity contribution in [2.24, 2.45) is 11.1 Å². The first kappa shape index (κ1) is 17.4. The third-order valence-corrected chi connectivity index (χ3v) is 4.24. The van der Waals surface area contributed by atoms with Gasteiger partial charge in [0.2, 0.25) is 5.91 Å². The number of amides is 1. The zero-order chi connectivity index (χ0) is 12.7. The van der Waals surface area contributed by atoms with Gasteiger partial charge in [-0.1, -0.05) is 13.8 Å². The lowest BCUT2D eigenvalue weighted by Gasteiger charge is -2.28. The summed E-state index contributed by atoms with van der Waals surface area (Å²) in [5.74, 6) is 0.0974. The molecule has 0 fully saturated rings. The lowest BCUT2D eigenvalue weighted by Crippen LogP contribution is -2.45. The van der Waals surface area contributed by atoms with E-state index in [0.717, 1.165) is 19.3 Å². The number of hydrogen-bond donors (Lipinski definition) is 2. The number of carbonyl (C=O) groups is 1. The molecule has 3 N–H and O–H groups in total. The molecule has 1 heterocycles. The number of nitrogens with two attached hydrogens (primary N) is 1. The summed E-state index contributed by atoms with van der Waals surface area (Å²) in [5.41, 5.74) is 6.64. The van der Waals surface area contributed by atoms with Crippen LogP contribution in [0.15, 0.2) is 16.8 Å². The largest absolute Gasteiger partial charge is 0.355 e. The number of carbonyl (C=O) groups excluding carboxylic acids is 1. The smallest absolute Gasteiger partial charge is 0.227 e. The molecule has 0 saturated heterocycles. The average Bonchev–Trinajstić information content (AvgIpc) is 2.85. The maximum absolute atomic E-state index is 12.1. The van der Waals surface area contributed by atoms with Gasteiger partial charge >= 0.3 is 0 Å². The van der Waals surface area contributed by atoms with Crippen molar-refractivity contribution in [3.05, 3.63) is 22.4 Å². The van der Waals surface area contributed by atoms with E-state index in [1.54, 1.807) is 11.3 Å². The average molecular weight is 291 g/mol. The predicted molar refractivity (Wildman–Crippen MR) is 80.4 cm³/mol. The van der Waals surface area contributed by atoms with Crippen molar-refractivity contribution in [1.29, 1.82) is 0 Å². The highest BCUT2D eigenvalue weighted by Crippen LogP contribution is 2.24. The first-order valence-electron chi connectivity index (χ1n) is 6.18. The summed E-state index contributed by atoms with van der Waals surface area (Å²) in [6, 6.07) is 2.09. The second-order valence-corrected chi connectivity index (χ2v) is 5.11. The fourth-order valence-corrected chi connectivity index (χ4v) is 2.60. The minimum Gasteiger partial charge on any atom is -0.355 e. The Labute approximate surface area is 120 Å². The molecule has 0 radical (unpaired) electrons. The van der Waals surface area contributed by atoms with Gasteiger partial charge in [-0.3, -0.25) is 4.79 Å². The highest BCUT2D eigenvalue weighted by Gasteiger charge is 2.32. The number of halogens is 1. The molecule has 18 heavy (non-hydrogen) atoms. The molecule has 1 aromatic rings. The monoisotopic (exact) mass is 290 g/mol. The Kier molecular flexibility index (Phi) is 8.24. The van der Waals surface area contributed by atoms with Crippen molar-refractivity contribution in [2.75, 3.05) is 13.1 Å². The van der Waals surface area contributed by atoms with Gasteiger partial charge in [0.1, 0.15) is 0 Å². The Morgan fingerprint density at radius 3 is 2.56 bits per heavy atom. The third-order valence-electron chi connectivity index (χ3n) is 3.51. The molecule has 0 unspecified atom stereocenters. The quantitative estimate of drug-likeness (QED) is 0.811. The highest BCUT2D eigenvalue weighted by molar-refractivity contribution is 7.07. The minimum absolute atomic E-state index is 0. The number of hydrogen-bond acceptors (Lipinski definition) is 3. The van der Waals surface area contributed by atoms with E-state index in [1.165, 1.54) is 5.56 Å². The molecular weight excluding hydrogens is 268 g/mol. The summed E-state index contributed by atoms with van der Waals surface area (Å²) < 4.78 is 0. The molecule has 0 aliphatic heterocycles. The lowest BCUT2D eigenvalue weighted by atomic mass is 9.81. The zero-order valence-electron chi connectivity index (χ0n) is 11.1. The zero-order valence-corrected chi connectivity index (χ0v) is 12.7. The van der Waals surface area contributed by atoms with Crippen LogP contribution in [0.2, 0.25) is 0 Å². The summed E-state index contributed by atoms with van der Waals surface area (Å²) in [7, 11) is 0. The van der Waals surface area contributed by atoms with Crippen molar-refractivity contribution in [1.82, 2.24) is 5.32 Å². The molecule has 0 bridgehead atoms. The van der Waals surface area contributed by atoms with E-state index in [4.69, 9.17) is 5.73 Å². The molecule has 104 valence electrons. The minimum atomic E-state index is -0.380. The van der Waals surface area contributed by atoms with Crippen molar-refractivity contribution in [2.45, 2.75) is 33.1 Å². The van der Waals surface area contributed by atoms with Gasteiger partial charge < -0.3 is 11.1 Å². The topological polar surface area (TPSA) is 55.1 Å². The Morgan fingerprint density at radius 2 is 2.11 bits per heavy atom. The summed E-state index contributed by atoms with van der Waals surface area (Å²) >= 11 is 1.68. The highest BCUT2D eigenvalue weighted by atomic mass is 35.5. The Bertz CT molecular complexity index is 329. The van der Waals surface area contributed by atoms with E-state index in [1.807, 2.05) is 13.8 Å². The molecule has 1 aromatic heterocycles. The van der Waals surface area contributed by atoms with Crippen LogP contribution in [0, 0.1) is 5.41 Å². The van der Waals surface area contributed by atoms with E-state index in [0.29, 0.717) is 13.1 Å². The molecular formula is C13H23ClN2OS. The summed E-state index contributed by atoms with van der Waals surface area (Å²) in [6.07, 6.45) is 2.48. The maximum atomic E-state index is 12.1. The van der Waals surface area contributed by atoms with Crippen LogP contribution in [0.5, 0.6) is 0 Å². The lowest BCUT2D eigenvalue weighted by molar-refractivity contribution is -0.131. The van der Waals surface area contributed by atoms with Crippen molar-refractivity contribution < 1.29 is 4.79 Å². The molecule has 0 saturated carbocycles. The van der Waals surface area contributed by atoms with Gasteiger partial charge in [0.05, 0.1) is 5.41 Å². The van der Waals surface area contributed by atoms with Crippen LogP contribution in [0.4, 0.5) is 0 Å². The summed E-state index contributed by atoms with van der Waals surface area (Å²) in [5, 5.41) is 7.17. The first-order chi connectivity index (χ1) is 8.18. The van der Waals surface area contributed by atoms with Crippen LogP contribution in [0.25, 0.3) is 0 Å². The molecule has 0 atom stereocenters. The van der Waals surface area contributed by atoms with E-state index in [9.17, 15) is 4.79 Å². The van der Waals surface area contributed by atoms with Gasteiger partial charge in [-0.15, -0.1) is 12.4 Å². The fraction of sp³-hybridized carbons (Fsp3) is 0.615. The molecule has 5 heteroatoms. The second-order valence-electron chi connectivity index (χ2n) is 4.33. The van der Waals surface area contributed by atoms with Crippen LogP contribution < -0.4 is 11.1 Å². The Morgan fingerprint density at radius 1 is 1.44 bits per heavy atom. The Balaban J connectivity index is 0.00000289. The molecule has 1 rings (SSSR count). The van der Waals surface area contributed by atoms with Gasteiger partial charge in [-0.05, 0) is 41.7 Å². The normalized spacial score (nSPS) is 10.8. The van der Waals surface area contributed by atoms with Crippen LogP contribution in [-0.4, -0.2) is 19.0 Å². The molecule has 0 aromatic carbocycles.